The van der Waals surface area contributed by atoms with Gasteiger partial charge in [0.2, 0.25) is 0 Å². The molecule has 1 fully saturated rings. The Morgan fingerprint density at radius 3 is 2.61 bits per heavy atom. The third-order valence-corrected chi connectivity index (χ3v) is 3.46. The summed E-state index contributed by atoms with van der Waals surface area (Å²) in [7, 11) is 0. The Morgan fingerprint density at radius 2 is 2.06 bits per heavy atom. The SMILES string of the molecule is O=C(NCC1CC1)c1c(Br)cccc1C(F)(F)F. The van der Waals surface area contributed by atoms with Crippen LogP contribution in [-0.2, 0) is 6.18 Å². The molecule has 2 nitrogen and oxygen atoms in total. The molecule has 0 heterocycles. The van der Waals surface area contributed by atoms with E-state index in [0.717, 1.165) is 18.9 Å². The van der Waals surface area contributed by atoms with Gasteiger partial charge in [0.1, 0.15) is 0 Å². The fourth-order valence-corrected chi connectivity index (χ4v) is 2.18. The smallest absolute Gasteiger partial charge is 0.352 e. The maximum absolute atomic E-state index is 12.8. The lowest BCUT2D eigenvalue weighted by atomic mass is 10.1. The number of halogens is 4. The minimum Gasteiger partial charge on any atom is -0.352 e. The van der Waals surface area contributed by atoms with Crippen LogP contribution in [0.15, 0.2) is 22.7 Å². The van der Waals surface area contributed by atoms with E-state index in [1.54, 1.807) is 0 Å². The zero-order valence-corrected chi connectivity index (χ0v) is 10.9. The summed E-state index contributed by atoms with van der Waals surface area (Å²) < 4.78 is 38.6. The average Bonchev–Trinajstić information content (AvgIpc) is 3.08. The maximum Gasteiger partial charge on any atom is 0.417 e. The molecular weight excluding hydrogens is 311 g/mol. The van der Waals surface area contributed by atoms with E-state index in [4.69, 9.17) is 0 Å². The molecule has 1 amide bonds. The van der Waals surface area contributed by atoms with Crippen LogP contribution in [0.2, 0.25) is 0 Å². The number of alkyl halides is 3. The summed E-state index contributed by atoms with van der Waals surface area (Å²) in [5, 5.41) is 2.55. The van der Waals surface area contributed by atoms with Gasteiger partial charge < -0.3 is 5.32 Å². The second-order valence-corrected chi connectivity index (χ2v) is 5.17. The van der Waals surface area contributed by atoms with E-state index in [1.165, 1.54) is 12.1 Å². The molecule has 1 N–H and O–H groups in total. The lowest BCUT2D eigenvalue weighted by Gasteiger charge is -2.14. The summed E-state index contributed by atoms with van der Waals surface area (Å²) in [6.45, 7) is 0.442. The highest BCUT2D eigenvalue weighted by Crippen LogP contribution is 2.35. The highest BCUT2D eigenvalue weighted by atomic mass is 79.9. The Morgan fingerprint density at radius 1 is 1.39 bits per heavy atom. The Bertz CT molecular complexity index is 469. The van der Waals surface area contributed by atoms with Crippen molar-refractivity contribution >= 4 is 21.8 Å². The van der Waals surface area contributed by atoms with Crippen molar-refractivity contribution in [3.63, 3.8) is 0 Å². The van der Waals surface area contributed by atoms with E-state index >= 15 is 0 Å². The number of amides is 1. The van der Waals surface area contributed by atoms with Crippen molar-refractivity contribution in [2.75, 3.05) is 6.54 Å². The van der Waals surface area contributed by atoms with Crippen LogP contribution in [0, 0.1) is 5.92 Å². The van der Waals surface area contributed by atoms with Crippen LogP contribution in [0.5, 0.6) is 0 Å². The molecule has 1 aromatic carbocycles. The predicted molar refractivity (Wildman–Crippen MR) is 64.2 cm³/mol. The normalized spacial score (nSPS) is 15.6. The number of benzene rings is 1. The van der Waals surface area contributed by atoms with Crippen molar-refractivity contribution in [3.8, 4) is 0 Å². The Kier molecular flexibility index (Phi) is 3.66. The van der Waals surface area contributed by atoms with Crippen LogP contribution in [0.25, 0.3) is 0 Å². The molecule has 0 saturated heterocycles. The van der Waals surface area contributed by atoms with E-state index in [0.29, 0.717) is 12.5 Å². The van der Waals surface area contributed by atoms with Gasteiger partial charge in [0.25, 0.3) is 5.91 Å². The molecular formula is C12H11BrF3NO. The summed E-state index contributed by atoms with van der Waals surface area (Å²) >= 11 is 3.00. The number of carbonyl (C=O) groups excluding carboxylic acids is 1. The van der Waals surface area contributed by atoms with Gasteiger partial charge in [0.15, 0.2) is 0 Å². The van der Waals surface area contributed by atoms with Crippen LogP contribution in [0.4, 0.5) is 13.2 Å². The predicted octanol–water partition coefficient (Wildman–Crippen LogP) is 3.61. The molecule has 0 bridgehead atoms. The van der Waals surface area contributed by atoms with E-state index in [9.17, 15) is 18.0 Å². The molecule has 0 atom stereocenters. The van der Waals surface area contributed by atoms with Crippen LogP contribution in [0.1, 0.15) is 28.8 Å². The van der Waals surface area contributed by atoms with Gasteiger partial charge in [0.05, 0.1) is 11.1 Å². The number of nitrogens with one attached hydrogen (secondary N) is 1. The van der Waals surface area contributed by atoms with Gasteiger partial charge >= 0.3 is 6.18 Å². The van der Waals surface area contributed by atoms with Gasteiger partial charge in [0, 0.05) is 11.0 Å². The Balaban J connectivity index is 2.26. The lowest BCUT2D eigenvalue weighted by Crippen LogP contribution is -2.28. The molecule has 1 saturated carbocycles. The summed E-state index contributed by atoms with van der Waals surface area (Å²) in [6.07, 6.45) is -2.47. The first-order valence-electron chi connectivity index (χ1n) is 5.53. The number of hydrogen-bond donors (Lipinski definition) is 1. The largest absolute Gasteiger partial charge is 0.417 e. The van der Waals surface area contributed by atoms with Gasteiger partial charge in [-0.05, 0) is 46.8 Å². The topological polar surface area (TPSA) is 29.1 Å². The van der Waals surface area contributed by atoms with Crippen molar-refractivity contribution in [1.82, 2.24) is 5.32 Å². The Hall–Kier alpha value is -1.04. The van der Waals surface area contributed by atoms with Gasteiger partial charge in [-0.25, -0.2) is 0 Å². The van der Waals surface area contributed by atoms with Crippen molar-refractivity contribution in [2.24, 2.45) is 5.92 Å². The van der Waals surface area contributed by atoms with E-state index in [1.807, 2.05) is 0 Å². The molecule has 18 heavy (non-hydrogen) atoms. The summed E-state index contributed by atoms with van der Waals surface area (Å²) in [5.41, 5.74) is -1.25. The number of rotatable bonds is 3. The fraction of sp³-hybridized carbons (Fsp3) is 0.417. The van der Waals surface area contributed by atoms with E-state index < -0.39 is 17.6 Å². The molecule has 1 aliphatic rings. The maximum atomic E-state index is 12.8. The zero-order valence-electron chi connectivity index (χ0n) is 9.35. The molecule has 0 aromatic heterocycles. The first-order valence-corrected chi connectivity index (χ1v) is 6.33. The van der Waals surface area contributed by atoms with Gasteiger partial charge in [-0.1, -0.05) is 6.07 Å². The lowest BCUT2D eigenvalue weighted by molar-refractivity contribution is -0.138. The molecule has 1 aliphatic carbocycles. The third kappa shape index (κ3) is 3.04. The van der Waals surface area contributed by atoms with Crippen LogP contribution >= 0.6 is 15.9 Å². The summed E-state index contributed by atoms with van der Waals surface area (Å²) in [6, 6.07) is 3.61. The second kappa shape index (κ2) is 4.91. The average molecular weight is 322 g/mol. The Labute approximate surface area is 111 Å². The highest BCUT2D eigenvalue weighted by molar-refractivity contribution is 9.10. The molecule has 0 aliphatic heterocycles. The molecule has 6 heteroatoms. The molecule has 1 aromatic rings. The fourth-order valence-electron chi connectivity index (χ4n) is 1.64. The van der Waals surface area contributed by atoms with Crippen molar-refractivity contribution in [2.45, 2.75) is 19.0 Å². The molecule has 0 unspecified atom stereocenters. The highest BCUT2D eigenvalue weighted by Gasteiger charge is 2.36. The number of hydrogen-bond acceptors (Lipinski definition) is 1. The molecule has 98 valence electrons. The van der Waals surface area contributed by atoms with Gasteiger partial charge in [-0.15, -0.1) is 0 Å². The van der Waals surface area contributed by atoms with Crippen molar-refractivity contribution in [3.05, 3.63) is 33.8 Å². The second-order valence-electron chi connectivity index (χ2n) is 4.31. The molecule has 2 rings (SSSR count). The summed E-state index contributed by atoms with van der Waals surface area (Å²) in [4.78, 5) is 11.8. The third-order valence-electron chi connectivity index (χ3n) is 2.79. The molecule has 0 spiro atoms. The first-order chi connectivity index (χ1) is 8.39. The standard InChI is InChI=1S/C12H11BrF3NO/c13-9-3-1-2-8(12(14,15)16)10(9)11(18)17-6-7-4-5-7/h1-3,7H,4-6H2,(H,17,18). The monoisotopic (exact) mass is 321 g/mol. The van der Waals surface area contributed by atoms with E-state index in [-0.39, 0.29) is 10.0 Å². The van der Waals surface area contributed by atoms with Crippen LogP contribution in [0.3, 0.4) is 0 Å². The van der Waals surface area contributed by atoms with Crippen LogP contribution < -0.4 is 5.32 Å². The number of carbonyl (C=O) groups is 1. The van der Waals surface area contributed by atoms with Crippen molar-refractivity contribution < 1.29 is 18.0 Å². The molecule has 0 radical (unpaired) electrons. The van der Waals surface area contributed by atoms with Gasteiger partial charge in [-0.3, -0.25) is 4.79 Å². The minimum atomic E-state index is -4.53. The minimum absolute atomic E-state index is 0.158. The summed E-state index contributed by atoms with van der Waals surface area (Å²) in [5.74, 6) is -0.257. The quantitative estimate of drug-likeness (QED) is 0.905. The van der Waals surface area contributed by atoms with Crippen LogP contribution in [-0.4, -0.2) is 12.5 Å². The van der Waals surface area contributed by atoms with Crippen molar-refractivity contribution in [1.29, 1.82) is 0 Å². The van der Waals surface area contributed by atoms with E-state index in [2.05, 4.69) is 21.2 Å². The van der Waals surface area contributed by atoms with Gasteiger partial charge in [-0.2, -0.15) is 13.2 Å². The first kappa shape index (κ1) is 13.4. The zero-order chi connectivity index (χ0) is 13.3.